The van der Waals surface area contributed by atoms with Crippen LogP contribution >= 0.6 is 0 Å². The lowest BCUT2D eigenvalue weighted by Gasteiger charge is -2.31. The number of carbonyl (C=O) groups excluding carboxylic acids is 1. The van der Waals surface area contributed by atoms with Gasteiger partial charge in [-0.05, 0) is 12.8 Å². The van der Waals surface area contributed by atoms with Gasteiger partial charge in [0, 0.05) is 19.4 Å². The van der Waals surface area contributed by atoms with Crippen molar-refractivity contribution in [3.05, 3.63) is 18.2 Å². The number of rotatable bonds is 2. The first kappa shape index (κ1) is 10.4. The second-order valence-corrected chi connectivity index (χ2v) is 4.41. The lowest BCUT2D eigenvalue weighted by atomic mass is 9.79. The molecule has 0 spiro atoms. The van der Waals surface area contributed by atoms with Crippen molar-refractivity contribution in [3.63, 3.8) is 0 Å². The Balaban J connectivity index is 2.23. The third-order valence-electron chi connectivity index (χ3n) is 3.22. The Morgan fingerprint density at radius 2 is 2.13 bits per heavy atom. The zero-order valence-corrected chi connectivity index (χ0v) is 9.07. The van der Waals surface area contributed by atoms with Crippen LogP contribution in [-0.2, 0) is 7.05 Å². The topological polar surface area (TPSA) is 60.9 Å². The lowest BCUT2D eigenvalue weighted by molar-refractivity contribution is 0.0833. The zero-order valence-electron chi connectivity index (χ0n) is 9.07. The molecule has 2 rings (SSSR count). The van der Waals surface area contributed by atoms with Crippen molar-refractivity contribution in [2.45, 2.75) is 37.6 Å². The molecular formula is C11H17N3O. The fraction of sp³-hybridized carbons (Fsp3) is 0.636. The van der Waals surface area contributed by atoms with Gasteiger partial charge < -0.3 is 10.3 Å². The fourth-order valence-corrected chi connectivity index (χ4v) is 2.22. The first-order chi connectivity index (χ1) is 7.13. The van der Waals surface area contributed by atoms with Gasteiger partial charge in [0.05, 0.1) is 5.54 Å². The fourth-order valence-electron chi connectivity index (χ4n) is 2.22. The molecule has 2 N–H and O–H groups in total. The Kier molecular flexibility index (Phi) is 2.61. The number of imidazole rings is 1. The summed E-state index contributed by atoms with van der Waals surface area (Å²) < 4.78 is 1.74. The van der Waals surface area contributed by atoms with Crippen molar-refractivity contribution >= 4 is 5.78 Å². The van der Waals surface area contributed by atoms with Crippen LogP contribution in [0.3, 0.4) is 0 Å². The van der Waals surface area contributed by atoms with Crippen LogP contribution in [0.15, 0.2) is 12.4 Å². The highest BCUT2D eigenvalue weighted by Gasteiger charge is 2.37. The van der Waals surface area contributed by atoms with E-state index in [-0.39, 0.29) is 5.78 Å². The van der Waals surface area contributed by atoms with Gasteiger partial charge >= 0.3 is 0 Å². The highest BCUT2D eigenvalue weighted by Crippen LogP contribution is 2.28. The van der Waals surface area contributed by atoms with Crippen molar-refractivity contribution in [3.8, 4) is 0 Å². The van der Waals surface area contributed by atoms with E-state index in [4.69, 9.17) is 5.73 Å². The Morgan fingerprint density at radius 3 is 2.67 bits per heavy atom. The van der Waals surface area contributed by atoms with Gasteiger partial charge in [0.15, 0.2) is 5.82 Å². The standard InChI is InChI=1S/C11H17N3O/c1-14-8-7-13-10(14)9(15)11(12)5-3-2-4-6-11/h7-8H,2-6,12H2,1H3. The molecule has 0 radical (unpaired) electrons. The van der Waals surface area contributed by atoms with E-state index >= 15 is 0 Å². The molecule has 1 aliphatic rings. The number of aryl methyl sites for hydroxylation is 1. The van der Waals surface area contributed by atoms with E-state index in [2.05, 4.69) is 4.98 Å². The minimum absolute atomic E-state index is 0.00491. The van der Waals surface area contributed by atoms with E-state index in [9.17, 15) is 4.79 Å². The van der Waals surface area contributed by atoms with E-state index in [1.54, 1.807) is 17.0 Å². The molecule has 4 heteroatoms. The zero-order chi connectivity index (χ0) is 10.9. The molecule has 4 nitrogen and oxygen atoms in total. The number of ketones is 1. The molecule has 0 bridgehead atoms. The number of hydrogen-bond acceptors (Lipinski definition) is 3. The van der Waals surface area contributed by atoms with Gasteiger partial charge in [0.1, 0.15) is 0 Å². The minimum Gasteiger partial charge on any atom is -0.332 e. The van der Waals surface area contributed by atoms with Crippen LogP contribution in [0.2, 0.25) is 0 Å². The molecule has 0 aliphatic heterocycles. The van der Waals surface area contributed by atoms with Gasteiger partial charge in [-0.3, -0.25) is 4.79 Å². The Hall–Kier alpha value is -1.16. The first-order valence-electron chi connectivity index (χ1n) is 5.44. The van der Waals surface area contributed by atoms with Crippen LogP contribution in [0.25, 0.3) is 0 Å². The van der Waals surface area contributed by atoms with Gasteiger partial charge in [0.2, 0.25) is 5.78 Å². The molecule has 1 aliphatic carbocycles. The molecule has 0 aromatic carbocycles. The molecule has 15 heavy (non-hydrogen) atoms. The van der Waals surface area contributed by atoms with Crippen molar-refractivity contribution in [1.29, 1.82) is 0 Å². The van der Waals surface area contributed by atoms with E-state index in [1.165, 1.54) is 6.42 Å². The normalized spacial score (nSPS) is 20.1. The average molecular weight is 207 g/mol. The summed E-state index contributed by atoms with van der Waals surface area (Å²) in [7, 11) is 1.83. The predicted molar refractivity (Wildman–Crippen MR) is 57.5 cm³/mol. The quantitative estimate of drug-likeness (QED) is 0.743. The monoisotopic (exact) mass is 207 g/mol. The highest BCUT2D eigenvalue weighted by molar-refractivity contribution is 6.00. The van der Waals surface area contributed by atoms with Crippen LogP contribution in [0.5, 0.6) is 0 Å². The molecule has 0 saturated heterocycles. The Bertz CT molecular complexity index is 364. The third kappa shape index (κ3) is 1.81. The van der Waals surface area contributed by atoms with Crippen LogP contribution in [0, 0.1) is 0 Å². The lowest BCUT2D eigenvalue weighted by Crippen LogP contribution is -2.50. The van der Waals surface area contributed by atoms with E-state index < -0.39 is 5.54 Å². The van der Waals surface area contributed by atoms with Crippen molar-refractivity contribution in [2.75, 3.05) is 0 Å². The molecule has 1 saturated carbocycles. The number of nitrogens with zero attached hydrogens (tertiary/aromatic N) is 2. The summed E-state index contributed by atoms with van der Waals surface area (Å²) in [4.78, 5) is 16.3. The second kappa shape index (κ2) is 3.77. The van der Waals surface area contributed by atoms with E-state index in [0.29, 0.717) is 5.82 Å². The Morgan fingerprint density at radius 1 is 1.47 bits per heavy atom. The maximum Gasteiger partial charge on any atom is 0.217 e. The molecule has 0 atom stereocenters. The smallest absolute Gasteiger partial charge is 0.217 e. The number of carbonyl (C=O) groups is 1. The van der Waals surface area contributed by atoms with Gasteiger partial charge in [-0.1, -0.05) is 19.3 Å². The maximum atomic E-state index is 12.2. The largest absolute Gasteiger partial charge is 0.332 e. The van der Waals surface area contributed by atoms with Crippen molar-refractivity contribution in [1.82, 2.24) is 9.55 Å². The molecule has 0 amide bonds. The van der Waals surface area contributed by atoms with Crippen molar-refractivity contribution < 1.29 is 4.79 Å². The van der Waals surface area contributed by atoms with Crippen LogP contribution in [0.4, 0.5) is 0 Å². The molecule has 1 aromatic rings. The second-order valence-electron chi connectivity index (χ2n) is 4.41. The first-order valence-corrected chi connectivity index (χ1v) is 5.44. The highest BCUT2D eigenvalue weighted by atomic mass is 16.1. The summed E-state index contributed by atoms with van der Waals surface area (Å²) in [6.45, 7) is 0. The molecule has 1 fully saturated rings. The van der Waals surface area contributed by atoms with Gasteiger partial charge in [0.25, 0.3) is 0 Å². The number of aromatic nitrogens is 2. The van der Waals surface area contributed by atoms with Crippen molar-refractivity contribution in [2.24, 2.45) is 12.8 Å². The number of Topliss-reactive ketones (excluding diaryl/α,β-unsaturated/α-hetero) is 1. The molecule has 1 aromatic heterocycles. The third-order valence-corrected chi connectivity index (χ3v) is 3.22. The summed E-state index contributed by atoms with van der Waals surface area (Å²) >= 11 is 0. The van der Waals surface area contributed by atoms with Gasteiger partial charge in [-0.15, -0.1) is 0 Å². The number of hydrogen-bond donors (Lipinski definition) is 1. The molecule has 1 heterocycles. The molecular weight excluding hydrogens is 190 g/mol. The molecule has 82 valence electrons. The molecule has 0 unspecified atom stereocenters. The van der Waals surface area contributed by atoms with Gasteiger partial charge in [-0.25, -0.2) is 4.98 Å². The van der Waals surface area contributed by atoms with E-state index in [0.717, 1.165) is 25.7 Å². The van der Waals surface area contributed by atoms with Crippen LogP contribution < -0.4 is 5.73 Å². The number of nitrogens with two attached hydrogens (primary N) is 1. The summed E-state index contributed by atoms with van der Waals surface area (Å²) in [5.74, 6) is 0.481. The summed E-state index contributed by atoms with van der Waals surface area (Å²) in [6, 6.07) is 0. The van der Waals surface area contributed by atoms with Crippen LogP contribution in [0.1, 0.15) is 42.7 Å². The Labute approximate surface area is 89.5 Å². The SMILES string of the molecule is Cn1ccnc1C(=O)C1(N)CCCCC1. The average Bonchev–Trinajstić information content (AvgIpc) is 2.64. The predicted octanol–water partition coefficient (Wildman–Crippen LogP) is 1.26. The van der Waals surface area contributed by atoms with E-state index in [1.807, 2.05) is 7.05 Å². The summed E-state index contributed by atoms with van der Waals surface area (Å²) in [6.07, 6.45) is 8.28. The van der Waals surface area contributed by atoms with Gasteiger partial charge in [-0.2, -0.15) is 0 Å². The van der Waals surface area contributed by atoms with Crippen LogP contribution in [-0.4, -0.2) is 20.9 Å². The maximum absolute atomic E-state index is 12.2. The summed E-state index contributed by atoms with van der Waals surface area (Å²) in [5, 5.41) is 0. The minimum atomic E-state index is -0.669. The summed E-state index contributed by atoms with van der Waals surface area (Å²) in [5.41, 5.74) is 5.49.